The molecule has 1 aromatic heterocycles. The molecule has 1 saturated heterocycles. The van der Waals surface area contributed by atoms with Crippen LogP contribution in [0.25, 0.3) is 5.76 Å². The van der Waals surface area contributed by atoms with Crippen molar-refractivity contribution in [1.29, 1.82) is 0 Å². The summed E-state index contributed by atoms with van der Waals surface area (Å²) in [7, 11) is 0. The fourth-order valence-electron chi connectivity index (χ4n) is 2.05. The Kier molecular flexibility index (Phi) is 5.05. The van der Waals surface area contributed by atoms with Gasteiger partial charge in [0.25, 0.3) is 0 Å². The Morgan fingerprint density at radius 2 is 2.47 bits per heavy atom. The number of nitrogens with zero attached hydrogens (tertiary/aromatic N) is 1. The molecule has 0 spiro atoms. The summed E-state index contributed by atoms with van der Waals surface area (Å²) in [5.41, 5.74) is 0.681. The summed E-state index contributed by atoms with van der Waals surface area (Å²) < 4.78 is 11.1. The molecule has 1 aliphatic rings. The maximum absolute atomic E-state index is 6.03. The summed E-state index contributed by atoms with van der Waals surface area (Å²) in [5, 5.41) is 3.76. The first-order valence-corrected chi connectivity index (χ1v) is 6.92. The lowest BCUT2D eigenvalue weighted by Gasteiger charge is -2.14. The Balaban J connectivity index is 2.00. The summed E-state index contributed by atoms with van der Waals surface area (Å²) in [6.45, 7) is 8.00. The van der Waals surface area contributed by atoms with Gasteiger partial charge in [-0.3, -0.25) is 0 Å². The normalized spacial score (nSPS) is 18.3. The number of nitrogens with one attached hydrogen (secondary N) is 1. The van der Waals surface area contributed by atoms with Gasteiger partial charge in [-0.05, 0) is 32.4 Å². The molecule has 1 atom stereocenters. The summed E-state index contributed by atoms with van der Waals surface area (Å²) in [4.78, 5) is 4.11. The van der Waals surface area contributed by atoms with Gasteiger partial charge >= 0.3 is 0 Å². The van der Waals surface area contributed by atoms with Gasteiger partial charge in [-0.2, -0.15) is 0 Å². The summed E-state index contributed by atoms with van der Waals surface area (Å²) in [6, 6.07) is 2.25. The molecule has 0 aromatic carbocycles. The van der Waals surface area contributed by atoms with Gasteiger partial charge in [0.15, 0.2) is 0 Å². The maximum atomic E-state index is 6.03. The van der Waals surface area contributed by atoms with E-state index in [1.807, 2.05) is 13.0 Å². The molecule has 1 N–H and O–H groups in total. The van der Waals surface area contributed by atoms with E-state index in [0.29, 0.717) is 41.5 Å². The van der Waals surface area contributed by atoms with Crippen molar-refractivity contribution >= 4 is 17.4 Å². The first-order chi connectivity index (χ1) is 9.20. The Morgan fingerprint density at radius 1 is 1.63 bits per heavy atom. The van der Waals surface area contributed by atoms with E-state index in [2.05, 4.69) is 16.9 Å². The monoisotopic (exact) mass is 282 g/mol. The van der Waals surface area contributed by atoms with E-state index in [4.69, 9.17) is 21.1 Å². The molecule has 104 valence electrons. The van der Waals surface area contributed by atoms with Gasteiger partial charge in [-0.25, -0.2) is 4.98 Å². The fourth-order valence-corrected chi connectivity index (χ4v) is 2.26. The average Bonchev–Trinajstić information content (AvgIpc) is 2.91. The molecule has 5 heteroatoms. The topological polar surface area (TPSA) is 43.4 Å². The van der Waals surface area contributed by atoms with Crippen LogP contribution in [0.1, 0.15) is 25.3 Å². The average molecular weight is 283 g/mol. The van der Waals surface area contributed by atoms with E-state index in [1.165, 1.54) is 6.42 Å². The molecule has 0 saturated carbocycles. The second-order valence-electron chi connectivity index (χ2n) is 4.47. The highest BCUT2D eigenvalue weighted by Crippen LogP contribution is 2.26. The number of ether oxygens (including phenoxy) is 2. The van der Waals surface area contributed by atoms with Gasteiger partial charge in [-0.15, -0.1) is 0 Å². The molecule has 0 bridgehead atoms. The molecule has 19 heavy (non-hydrogen) atoms. The third-order valence-corrected chi connectivity index (χ3v) is 3.35. The van der Waals surface area contributed by atoms with E-state index >= 15 is 0 Å². The van der Waals surface area contributed by atoms with Crippen LogP contribution in [0.2, 0.25) is 5.15 Å². The first-order valence-electron chi connectivity index (χ1n) is 6.54. The molecule has 4 nitrogen and oxygen atoms in total. The lowest BCUT2D eigenvalue weighted by atomic mass is 10.2. The quantitative estimate of drug-likeness (QED) is 0.644. The highest BCUT2D eigenvalue weighted by Gasteiger charge is 2.15. The Bertz CT molecular complexity index is 445. The lowest BCUT2D eigenvalue weighted by molar-refractivity contribution is 0.275. The third-order valence-electron chi connectivity index (χ3n) is 3.05. The molecule has 1 fully saturated rings. The minimum atomic E-state index is 0.379. The lowest BCUT2D eigenvalue weighted by Crippen LogP contribution is -2.28. The van der Waals surface area contributed by atoms with Gasteiger partial charge in [0.05, 0.1) is 18.4 Å². The second-order valence-corrected chi connectivity index (χ2v) is 4.83. The highest BCUT2D eigenvalue weighted by atomic mass is 35.5. The van der Waals surface area contributed by atoms with E-state index in [0.717, 1.165) is 13.0 Å². The molecule has 0 unspecified atom stereocenters. The molecule has 0 aliphatic carbocycles. The van der Waals surface area contributed by atoms with Crippen LogP contribution in [0.15, 0.2) is 18.8 Å². The van der Waals surface area contributed by atoms with Crippen LogP contribution >= 0.6 is 11.6 Å². The van der Waals surface area contributed by atoms with Crippen molar-refractivity contribution in [2.45, 2.75) is 25.8 Å². The van der Waals surface area contributed by atoms with Crippen molar-refractivity contribution in [3.8, 4) is 5.75 Å². The Morgan fingerprint density at radius 3 is 3.16 bits per heavy atom. The minimum Gasteiger partial charge on any atom is -0.494 e. The first kappa shape index (κ1) is 14.2. The van der Waals surface area contributed by atoms with Crippen LogP contribution in [-0.2, 0) is 4.74 Å². The zero-order chi connectivity index (χ0) is 13.7. The Labute approximate surface area is 118 Å². The molecule has 2 heterocycles. The molecular formula is C14H19ClN2O2. The van der Waals surface area contributed by atoms with E-state index in [-0.39, 0.29) is 0 Å². The van der Waals surface area contributed by atoms with Gasteiger partial charge in [-0.1, -0.05) is 18.2 Å². The van der Waals surface area contributed by atoms with Crippen molar-refractivity contribution in [3.05, 3.63) is 29.6 Å². The van der Waals surface area contributed by atoms with Crippen LogP contribution in [0.5, 0.6) is 5.75 Å². The summed E-state index contributed by atoms with van der Waals surface area (Å²) >= 11 is 6.03. The smallest absolute Gasteiger partial charge is 0.140 e. The van der Waals surface area contributed by atoms with Crippen LogP contribution in [0.3, 0.4) is 0 Å². The fraction of sp³-hybridized carbons (Fsp3) is 0.500. The third kappa shape index (κ3) is 3.85. The Hall–Kier alpha value is -1.26. The molecule has 0 radical (unpaired) electrons. The second kappa shape index (κ2) is 6.78. The van der Waals surface area contributed by atoms with Crippen LogP contribution in [-0.4, -0.2) is 30.8 Å². The molecule has 1 aliphatic heterocycles. The molecule has 0 amide bonds. The minimum absolute atomic E-state index is 0.379. The van der Waals surface area contributed by atoms with Crippen molar-refractivity contribution < 1.29 is 9.47 Å². The largest absolute Gasteiger partial charge is 0.494 e. The predicted octanol–water partition coefficient (Wildman–Crippen LogP) is 2.87. The summed E-state index contributed by atoms with van der Waals surface area (Å²) in [5.74, 6) is 1.21. The van der Waals surface area contributed by atoms with Crippen LogP contribution in [0.4, 0.5) is 0 Å². The number of hydrogen-bond donors (Lipinski definition) is 1. The number of rotatable bonds is 6. The van der Waals surface area contributed by atoms with Crippen molar-refractivity contribution in [2.24, 2.45) is 0 Å². The SMILES string of the molecule is C=C(OCC)c1cc(OC[C@@H]2CCCN2)cnc1Cl. The van der Waals surface area contributed by atoms with Crippen molar-refractivity contribution in [3.63, 3.8) is 0 Å². The van der Waals surface area contributed by atoms with Gasteiger partial charge in [0, 0.05) is 6.04 Å². The maximum Gasteiger partial charge on any atom is 0.140 e. The zero-order valence-corrected chi connectivity index (χ0v) is 11.9. The molecule has 2 rings (SSSR count). The van der Waals surface area contributed by atoms with Gasteiger partial charge < -0.3 is 14.8 Å². The summed E-state index contributed by atoms with van der Waals surface area (Å²) in [6.07, 6.45) is 3.98. The number of hydrogen-bond acceptors (Lipinski definition) is 4. The van der Waals surface area contributed by atoms with Gasteiger partial charge in [0.2, 0.25) is 0 Å². The van der Waals surface area contributed by atoms with E-state index < -0.39 is 0 Å². The van der Waals surface area contributed by atoms with Gasteiger partial charge in [0.1, 0.15) is 23.3 Å². The predicted molar refractivity (Wildman–Crippen MR) is 76.4 cm³/mol. The van der Waals surface area contributed by atoms with Crippen molar-refractivity contribution in [2.75, 3.05) is 19.8 Å². The standard InChI is InChI=1S/C14H19ClN2O2/c1-3-18-10(2)13-7-12(8-17-14(13)15)19-9-11-5-4-6-16-11/h7-8,11,16H,2-6,9H2,1H3/t11-/m0/s1. The van der Waals surface area contributed by atoms with E-state index in [9.17, 15) is 0 Å². The number of halogens is 1. The zero-order valence-electron chi connectivity index (χ0n) is 11.1. The van der Waals surface area contributed by atoms with E-state index in [1.54, 1.807) is 6.20 Å². The van der Waals surface area contributed by atoms with Crippen LogP contribution in [0, 0.1) is 0 Å². The van der Waals surface area contributed by atoms with Crippen LogP contribution < -0.4 is 10.1 Å². The molecule has 1 aromatic rings. The number of aromatic nitrogens is 1. The number of pyridine rings is 1. The van der Waals surface area contributed by atoms with Crippen molar-refractivity contribution in [1.82, 2.24) is 10.3 Å². The molecular weight excluding hydrogens is 264 g/mol. The highest BCUT2D eigenvalue weighted by molar-refractivity contribution is 6.31.